The van der Waals surface area contributed by atoms with Crippen LogP contribution in [-0.2, 0) is 4.79 Å². The van der Waals surface area contributed by atoms with Gasteiger partial charge in [0.25, 0.3) is 0 Å². The molecular weight excluding hydrogens is 498 g/mol. The Bertz CT molecular complexity index is 1370. The Labute approximate surface area is 233 Å². The molecule has 1 unspecified atom stereocenters. The molecule has 5 rings (SSSR count). The van der Waals surface area contributed by atoms with Gasteiger partial charge in [0.05, 0.1) is 0 Å². The van der Waals surface area contributed by atoms with Crippen LogP contribution in [0.2, 0.25) is 0 Å². The lowest BCUT2D eigenvalue weighted by Gasteiger charge is -2.49. The van der Waals surface area contributed by atoms with Gasteiger partial charge in [0.15, 0.2) is 0 Å². The Morgan fingerprint density at radius 1 is 0.579 bits per heavy atom. The van der Waals surface area contributed by atoms with Crippen molar-refractivity contribution in [3.8, 4) is 22.3 Å². The van der Waals surface area contributed by atoms with Crippen LogP contribution in [0.3, 0.4) is 0 Å². The maximum Gasteiger partial charge on any atom is 0.134 e. The second-order valence-corrected chi connectivity index (χ2v) is 15.8. The number of hydrogen-bond acceptors (Lipinski definition) is 1. The highest BCUT2D eigenvalue weighted by molar-refractivity contribution is 7.69. The van der Waals surface area contributed by atoms with Crippen molar-refractivity contribution in [2.45, 2.75) is 64.7 Å². The molecule has 0 saturated carbocycles. The number of rotatable bonds is 3. The van der Waals surface area contributed by atoms with Crippen LogP contribution in [0.15, 0.2) is 97.1 Å². The summed E-state index contributed by atoms with van der Waals surface area (Å²) in [7, 11) is 2.32. The number of Topliss-reactive ketones (excluding diaryl/α,β-unsaturated/α-hetero) is 1. The molecule has 1 heterocycles. The van der Waals surface area contributed by atoms with E-state index in [2.05, 4.69) is 148 Å². The first-order valence-electron chi connectivity index (χ1n) is 13.4. The summed E-state index contributed by atoms with van der Waals surface area (Å²) < 4.78 is 0. The molecule has 1 aliphatic heterocycles. The molecule has 1 fully saturated rings. The first kappa shape index (κ1) is 28.4. The number of hydrogen-bond donors (Lipinski definition) is 0. The van der Waals surface area contributed by atoms with Gasteiger partial charge in [-0.3, -0.25) is 4.79 Å². The zero-order valence-electron chi connectivity index (χ0n) is 23.6. The fraction of sp³-hybridized carbons (Fsp3) is 0.286. The van der Waals surface area contributed by atoms with Gasteiger partial charge < -0.3 is 0 Å². The van der Waals surface area contributed by atoms with E-state index in [-0.39, 0.29) is 10.3 Å². The molecule has 0 aromatic heterocycles. The maximum atomic E-state index is 12.3. The van der Waals surface area contributed by atoms with Gasteiger partial charge >= 0.3 is 0 Å². The minimum Gasteiger partial charge on any atom is -0.300 e. The normalized spacial score (nSPS) is 16.4. The second kappa shape index (κ2) is 11.7. The molecule has 0 N–H and O–H groups in total. The van der Waals surface area contributed by atoms with Crippen molar-refractivity contribution in [1.29, 1.82) is 0 Å². The molecular formula is C35H40OP2. The third-order valence-corrected chi connectivity index (χ3v) is 11.6. The van der Waals surface area contributed by atoms with Gasteiger partial charge in [0.1, 0.15) is 5.78 Å². The molecule has 0 amide bonds. The first-order valence-corrected chi connectivity index (χ1v) is 15.3. The molecule has 3 heteroatoms. The summed E-state index contributed by atoms with van der Waals surface area (Å²) in [6.07, 6.45) is 1.40. The predicted octanol–water partition coefficient (Wildman–Crippen LogP) is 8.85. The van der Waals surface area contributed by atoms with Crippen LogP contribution < -0.4 is 10.6 Å². The average molecular weight is 539 g/mol. The zero-order valence-corrected chi connectivity index (χ0v) is 25.6. The van der Waals surface area contributed by atoms with E-state index in [1.165, 1.54) is 44.0 Å². The lowest BCUT2D eigenvalue weighted by Crippen LogP contribution is -2.43. The van der Waals surface area contributed by atoms with Crippen LogP contribution in [0.5, 0.6) is 0 Å². The SMILES string of the molecule is Cc1ccccc1-c1ccccc1P.Cc1ccccc1-c1ccccc1P1C(C)(C)CC(=O)CC1(C)C. The highest BCUT2D eigenvalue weighted by Crippen LogP contribution is 2.65. The van der Waals surface area contributed by atoms with E-state index in [9.17, 15) is 4.79 Å². The molecule has 4 aromatic carbocycles. The monoisotopic (exact) mass is 538 g/mol. The van der Waals surface area contributed by atoms with Crippen molar-refractivity contribution < 1.29 is 4.79 Å². The second-order valence-electron chi connectivity index (χ2n) is 11.6. The lowest BCUT2D eigenvalue weighted by atomic mass is 9.96. The topological polar surface area (TPSA) is 17.1 Å². The molecule has 1 aliphatic rings. The lowest BCUT2D eigenvalue weighted by molar-refractivity contribution is -0.120. The highest BCUT2D eigenvalue weighted by Gasteiger charge is 2.48. The van der Waals surface area contributed by atoms with Crippen molar-refractivity contribution in [3.05, 3.63) is 108 Å². The van der Waals surface area contributed by atoms with Gasteiger partial charge in [0, 0.05) is 12.8 Å². The number of carbonyl (C=O) groups excluding carboxylic acids is 1. The first-order chi connectivity index (χ1) is 18.0. The molecule has 1 atom stereocenters. The summed E-state index contributed by atoms with van der Waals surface area (Å²) in [5, 5.41) is 2.77. The van der Waals surface area contributed by atoms with Crippen molar-refractivity contribution >= 4 is 33.6 Å². The fourth-order valence-electron chi connectivity index (χ4n) is 6.05. The van der Waals surface area contributed by atoms with E-state index < -0.39 is 7.92 Å². The summed E-state index contributed by atoms with van der Waals surface area (Å²) in [6, 6.07) is 34.3. The molecule has 1 saturated heterocycles. The summed E-state index contributed by atoms with van der Waals surface area (Å²) >= 11 is 0. The molecule has 196 valence electrons. The smallest absolute Gasteiger partial charge is 0.134 e. The van der Waals surface area contributed by atoms with E-state index >= 15 is 0 Å². The average Bonchev–Trinajstić information content (AvgIpc) is 2.84. The Morgan fingerprint density at radius 3 is 1.47 bits per heavy atom. The Hall–Kier alpha value is -2.59. The number of aryl methyl sites for hydroxylation is 2. The van der Waals surface area contributed by atoms with E-state index in [1.807, 2.05) is 0 Å². The highest BCUT2D eigenvalue weighted by atomic mass is 31.1. The fourth-order valence-corrected chi connectivity index (χ4v) is 10.7. The minimum absolute atomic E-state index is 0.0347. The van der Waals surface area contributed by atoms with Gasteiger partial charge in [-0.05, 0) is 68.1 Å². The van der Waals surface area contributed by atoms with Crippen LogP contribution in [0.25, 0.3) is 22.3 Å². The minimum atomic E-state index is -0.458. The summed E-state index contributed by atoms with van der Waals surface area (Å²) in [5.74, 6) is 0.414. The predicted molar refractivity (Wildman–Crippen MR) is 172 cm³/mol. The number of benzene rings is 4. The van der Waals surface area contributed by atoms with Crippen molar-refractivity contribution in [2.75, 3.05) is 0 Å². The van der Waals surface area contributed by atoms with Gasteiger partial charge in [-0.1, -0.05) is 133 Å². The zero-order chi connectivity index (χ0) is 27.5. The molecule has 0 radical (unpaired) electrons. The number of carbonyl (C=O) groups is 1. The number of ketones is 1. The molecule has 0 bridgehead atoms. The van der Waals surface area contributed by atoms with Crippen LogP contribution in [0, 0.1) is 13.8 Å². The summed E-state index contributed by atoms with van der Waals surface area (Å²) in [5.41, 5.74) is 7.91. The van der Waals surface area contributed by atoms with E-state index in [0.29, 0.717) is 18.6 Å². The van der Waals surface area contributed by atoms with Crippen LogP contribution in [-0.4, -0.2) is 16.1 Å². The van der Waals surface area contributed by atoms with E-state index in [0.717, 1.165) is 0 Å². The van der Waals surface area contributed by atoms with Crippen molar-refractivity contribution in [1.82, 2.24) is 0 Å². The standard InChI is InChI=1S/C22H27OP.C13H13P/c1-16-10-6-7-11-18(16)19-12-8-9-13-20(19)24-21(2,3)14-17(23)15-22(24,4)5;1-10-6-2-3-7-11(10)12-8-4-5-9-13(12)14/h6-13H,14-15H2,1-5H3;2-9H,14H2,1H3. The van der Waals surface area contributed by atoms with Crippen LogP contribution >= 0.6 is 17.2 Å². The van der Waals surface area contributed by atoms with Gasteiger partial charge in [-0.25, -0.2) is 0 Å². The Morgan fingerprint density at radius 2 is 0.974 bits per heavy atom. The maximum absolute atomic E-state index is 12.3. The van der Waals surface area contributed by atoms with Gasteiger partial charge in [-0.15, -0.1) is 9.24 Å². The van der Waals surface area contributed by atoms with E-state index in [1.54, 1.807) is 0 Å². The summed E-state index contributed by atoms with van der Waals surface area (Å²) in [4.78, 5) is 12.3. The molecule has 0 spiro atoms. The largest absolute Gasteiger partial charge is 0.300 e. The van der Waals surface area contributed by atoms with Crippen LogP contribution in [0.1, 0.15) is 51.7 Å². The third kappa shape index (κ3) is 6.17. The van der Waals surface area contributed by atoms with Crippen molar-refractivity contribution in [2.24, 2.45) is 0 Å². The van der Waals surface area contributed by atoms with Gasteiger partial charge in [-0.2, -0.15) is 0 Å². The molecule has 4 aromatic rings. The molecule has 1 nitrogen and oxygen atoms in total. The summed E-state index contributed by atoms with van der Waals surface area (Å²) in [6.45, 7) is 13.5. The Kier molecular flexibility index (Phi) is 8.72. The molecule has 38 heavy (non-hydrogen) atoms. The Balaban J connectivity index is 0.000000204. The van der Waals surface area contributed by atoms with E-state index in [4.69, 9.17) is 0 Å². The van der Waals surface area contributed by atoms with Crippen LogP contribution in [0.4, 0.5) is 0 Å². The van der Waals surface area contributed by atoms with Crippen molar-refractivity contribution in [3.63, 3.8) is 0 Å². The quantitative estimate of drug-likeness (QED) is 0.238. The molecule has 0 aliphatic carbocycles. The third-order valence-electron chi connectivity index (χ3n) is 7.45. The van der Waals surface area contributed by atoms with Gasteiger partial charge in [0.2, 0.25) is 0 Å².